The molecule has 1 aliphatic heterocycles. The van der Waals surface area contributed by atoms with E-state index in [-0.39, 0.29) is 0 Å². The van der Waals surface area contributed by atoms with Gasteiger partial charge < -0.3 is 4.74 Å². The van der Waals surface area contributed by atoms with E-state index in [0.717, 1.165) is 32.5 Å². The molecule has 0 aromatic rings. The first kappa shape index (κ1) is 9.36. The molecule has 1 heterocycles. The summed E-state index contributed by atoms with van der Waals surface area (Å²) in [5.41, 5.74) is 8.45. The van der Waals surface area contributed by atoms with Crippen LogP contribution in [-0.2, 0) is 4.74 Å². The lowest BCUT2D eigenvalue weighted by atomic mass is 9.79. The highest BCUT2D eigenvalue weighted by Crippen LogP contribution is 2.33. The minimum Gasteiger partial charge on any atom is -0.381 e. The van der Waals surface area contributed by atoms with E-state index in [0.29, 0.717) is 12.0 Å². The fourth-order valence-electron chi connectivity index (χ4n) is 1.48. The zero-order valence-electron chi connectivity index (χ0n) is 7.49. The standard InChI is InChI=1S/C8H15N3O/c1-8(2-5-10-11-9)3-6-12-7-4-8/h2-7H2,1H3. The molecule has 1 aliphatic rings. The SMILES string of the molecule is CC1(CCN=[N+]=[N-])CCOCC1. The van der Waals surface area contributed by atoms with Crippen LogP contribution in [0.25, 0.3) is 10.4 Å². The topological polar surface area (TPSA) is 58.0 Å². The largest absolute Gasteiger partial charge is 0.381 e. The summed E-state index contributed by atoms with van der Waals surface area (Å²) < 4.78 is 5.27. The fourth-order valence-corrected chi connectivity index (χ4v) is 1.48. The van der Waals surface area contributed by atoms with E-state index in [1.165, 1.54) is 0 Å². The Labute approximate surface area is 72.5 Å². The zero-order chi connectivity index (χ0) is 8.86. The number of rotatable bonds is 3. The normalized spacial score (nSPS) is 21.4. The van der Waals surface area contributed by atoms with E-state index in [2.05, 4.69) is 16.9 Å². The number of azide groups is 1. The molecule has 0 spiro atoms. The van der Waals surface area contributed by atoms with E-state index in [4.69, 9.17) is 10.3 Å². The molecule has 1 fully saturated rings. The lowest BCUT2D eigenvalue weighted by molar-refractivity contribution is 0.0210. The van der Waals surface area contributed by atoms with Gasteiger partial charge in [-0.25, -0.2) is 0 Å². The molecular formula is C8H15N3O. The van der Waals surface area contributed by atoms with Crippen LogP contribution < -0.4 is 0 Å². The summed E-state index contributed by atoms with van der Waals surface area (Å²) in [5, 5.41) is 3.55. The molecule has 0 unspecified atom stereocenters. The van der Waals surface area contributed by atoms with Gasteiger partial charge in [0.25, 0.3) is 0 Å². The van der Waals surface area contributed by atoms with Crippen molar-refractivity contribution in [3.05, 3.63) is 10.4 Å². The van der Waals surface area contributed by atoms with Crippen LogP contribution in [0.1, 0.15) is 26.2 Å². The molecule has 0 N–H and O–H groups in total. The van der Waals surface area contributed by atoms with Gasteiger partial charge in [-0.2, -0.15) is 0 Å². The molecule has 0 amide bonds. The van der Waals surface area contributed by atoms with Gasteiger partial charge in [0, 0.05) is 24.7 Å². The van der Waals surface area contributed by atoms with Crippen LogP contribution in [0.15, 0.2) is 5.11 Å². The van der Waals surface area contributed by atoms with Crippen LogP contribution >= 0.6 is 0 Å². The molecule has 12 heavy (non-hydrogen) atoms. The zero-order valence-corrected chi connectivity index (χ0v) is 7.49. The van der Waals surface area contributed by atoms with Crippen molar-refractivity contribution in [1.82, 2.24) is 0 Å². The van der Waals surface area contributed by atoms with Crippen LogP contribution in [0.3, 0.4) is 0 Å². The first-order valence-corrected chi connectivity index (χ1v) is 4.35. The molecular weight excluding hydrogens is 154 g/mol. The Morgan fingerprint density at radius 1 is 1.50 bits per heavy atom. The van der Waals surface area contributed by atoms with Crippen molar-refractivity contribution in [2.45, 2.75) is 26.2 Å². The van der Waals surface area contributed by atoms with Gasteiger partial charge in [0.1, 0.15) is 0 Å². The minimum absolute atomic E-state index is 0.340. The van der Waals surface area contributed by atoms with Crippen molar-refractivity contribution in [3.63, 3.8) is 0 Å². The molecule has 1 saturated heterocycles. The highest BCUT2D eigenvalue weighted by atomic mass is 16.5. The number of hydrogen-bond acceptors (Lipinski definition) is 2. The Balaban J connectivity index is 2.31. The molecule has 68 valence electrons. The van der Waals surface area contributed by atoms with E-state index >= 15 is 0 Å². The maximum absolute atomic E-state index is 8.11. The maximum Gasteiger partial charge on any atom is 0.0471 e. The Kier molecular flexibility index (Phi) is 3.38. The van der Waals surface area contributed by atoms with Crippen molar-refractivity contribution in [2.24, 2.45) is 10.5 Å². The molecule has 1 rings (SSSR count). The monoisotopic (exact) mass is 169 g/mol. The summed E-state index contributed by atoms with van der Waals surface area (Å²) in [5.74, 6) is 0. The van der Waals surface area contributed by atoms with Crippen LogP contribution in [0.4, 0.5) is 0 Å². The average Bonchev–Trinajstić information content (AvgIpc) is 2.06. The molecule has 0 bridgehead atoms. The van der Waals surface area contributed by atoms with Gasteiger partial charge in [0.05, 0.1) is 0 Å². The third kappa shape index (κ3) is 2.72. The van der Waals surface area contributed by atoms with Gasteiger partial charge in [-0.15, -0.1) is 0 Å². The maximum atomic E-state index is 8.11. The Morgan fingerprint density at radius 3 is 2.75 bits per heavy atom. The summed E-state index contributed by atoms with van der Waals surface area (Å²) in [4.78, 5) is 2.74. The Morgan fingerprint density at radius 2 is 2.17 bits per heavy atom. The summed E-state index contributed by atoms with van der Waals surface area (Å²) in [7, 11) is 0. The highest BCUT2D eigenvalue weighted by molar-refractivity contribution is 4.77. The number of nitrogens with zero attached hydrogens (tertiary/aromatic N) is 3. The summed E-state index contributed by atoms with van der Waals surface area (Å²) in [6.07, 6.45) is 3.17. The molecule has 4 nitrogen and oxygen atoms in total. The van der Waals surface area contributed by atoms with Gasteiger partial charge in [0.2, 0.25) is 0 Å². The fraction of sp³-hybridized carbons (Fsp3) is 1.00. The molecule has 0 radical (unpaired) electrons. The lowest BCUT2D eigenvalue weighted by Crippen LogP contribution is -2.27. The molecule has 0 aromatic heterocycles. The van der Waals surface area contributed by atoms with Crippen LogP contribution in [0, 0.1) is 5.41 Å². The molecule has 0 aliphatic carbocycles. The van der Waals surface area contributed by atoms with Crippen LogP contribution in [0.2, 0.25) is 0 Å². The van der Waals surface area contributed by atoms with Crippen molar-refractivity contribution in [3.8, 4) is 0 Å². The van der Waals surface area contributed by atoms with E-state index in [1.54, 1.807) is 0 Å². The summed E-state index contributed by atoms with van der Waals surface area (Å²) >= 11 is 0. The quantitative estimate of drug-likeness (QED) is 0.364. The first-order chi connectivity index (χ1) is 5.77. The smallest absolute Gasteiger partial charge is 0.0471 e. The van der Waals surface area contributed by atoms with E-state index < -0.39 is 0 Å². The third-order valence-corrected chi connectivity index (χ3v) is 2.58. The van der Waals surface area contributed by atoms with Crippen molar-refractivity contribution < 1.29 is 4.74 Å². The molecule has 0 saturated carbocycles. The summed E-state index contributed by atoms with van der Waals surface area (Å²) in [6.45, 7) is 4.56. The van der Waals surface area contributed by atoms with Crippen molar-refractivity contribution in [1.29, 1.82) is 0 Å². The third-order valence-electron chi connectivity index (χ3n) is 2.58. The van der Waals surface area contributed by atoms with E-state index in [1.807, 2.05) is 0 Å². The van der Waals surface area contributed by atoms with Gasteiger partial charge in [0.15, 0.2) is 0 Å². The predicted octanol–water partition coefficient (Wildman–Crippen LogP) is 2.50. The van der Waals surface area contributed by atoms with Crippen LogP contribution in [0.5, 0.6) is 0 Å². The van der Waals surface area contributed by atoms with Gasteiger partial charge >= 0.3 is 0 Å². The van der Waals surface area contributed by atoms with Gasteiger partial charge in [-0.1, -0.05) is 12.0 Å². The Bertz CT molecular complexity index is 181. The molecule has 0 aromatic carbocycles. The van der Waals surface area contributed by atoms with Crippen LogP contribution in [-0.4, -0.2) is 19.8 Å². The Hall–Kier alpha value is -0.730. The number of hydrogen-bond donors (Lipinski definition) is 0. The minimum atomic E-state index is 0.340. The first-order valence-electron chi connectivity index (χ1n) is 4.35. The summed E-state index contributed by atoms with van der Waals surface area (Å²) in [6, 6.07) is 0. The molecule has 0 atom stereocenters. The second-order valence-electron chi connectivity index (χ2n) is 3.63. The molecule has 4 heteroatoms. The second kappa shape index (κ2) is 4.33. The van der Waals surface area contributed by atoms with Gasteiger partial charge in [-0.3, -0.25) is 0 Å². The van der Waals surface area contributed by atoms with Gasteiger partial charge in [-0.05, 0) is 30.2 Å². The predicted molar refractivity (Wildman–Crippen MR) is 46.8 cm³/mol. The van der Waals surface area contributed by atoms with E-state index in [9.17, 15) is 0 Å². The van der Waals surface area contributed by atoms with Crippen molar-refractivity contribution >= 4 is 0 Å². The second-order valence-corrected chi connectivity index (χ2v) is 3.63. The highest BCUT2D eigenvalue weighted by Gasteiger charge is 2.26. The van der Waals surface area contributed by atoms with Crippen molar-refractivity contribution in [2.75, 3.05) is 19.8 Å². The lowest BCUT2D eigenvalue weighted by Gasteiger charge is -2.32. The number of ether oxygens (including phenoxy) is 1. The average molecular weight is 169 g/mol.